The third-order valence-corrected chi connectivity index (χ3v) is 4.87. The number of likely N-dealkylation sites (tertiary alicyclic amines) is 1. The van der Waals surface area contributed by atoms with Gasteiger partial charge in [0.2, 0.25) is 5.95 Å². The van der Waals surface area contributed by atoms with E-state index in [0.717, 1.165) is 48.8 Å². The maximum atomic E-state index is 4.84. The minimum Gasteiger partial charge on any atom is -0.363 e. The molecule has 7 nitrogen and oxygen atoms in total. The van der Waals surface area contributed by atoms with Gasteiger partial charge in [-0.15, -0.1) is 0 Å². The summed E-state index contributed by atoms with van der Waals surface area (Å²) < 4.78 is 0. The quantitative estimate of drug-likeness (QED) is 0.894. The summed E-state index contributed by atoms with van der Waals surface area (Å²) in [4.78, 5) is 22.7. The van der Waals surface area contributed by atoms with Crippen LogP contribution in [0.5, 0.6) is 0 Å². The molecule has 25 heavy (non-hydrogen) atoms. The molecule has 0 aliphatic carbocycles. The van der Waals surface area contributed by atoms with Crippen molar-refractivity contribution < 1.29 is 0 Å². The van der Waals surface area contributed by atoms with Gasteiger partial charge >= 0.3 is 0 Å². The van der Waals surface area contributed by atoms with Gasteiger partial charge in [0, 0.05) is 57.4 Å². The number of hydrogen-bond acceptors (Lipinski definition) is 7. The fraction of sp³-hybridized carbons (Fsp3) is 0.556. The monoisotopic (exact) mass is 341 g/mol. The van der Waals surface area contributed by atoms with Crippen LogP contribution in [-0.4, -0.2) is 52.5 Å². The number of nitrogens with zero attached hydrogens (tertiary/aromatic N) is 6. The smallest absolute Gasteiger partial charge is 0.222 e. The highest BCUT2D eigenvalue weighted by molar-refractivity contribution is 5.38. The van der Waals surface area contributed by atoms with Crippen LogP contribution in [0, 0.1) is 6.92 Å². The summed E-state index contributed by atoms with van der Waals surface area (Å²) in [5.41, 5.74) is 1.94. The molecule has 0 aromatic carbocycles. The molecule has 1 fully saturated rings. The minimum atomic E-state index is -0.168. The SMILES string of the molecule is CNc1ncc(CN2CCC[C@@]2(C)c2nc(C)cc(N(C)C)n2)cn1. The Balaban J connectivity index is 1.88. The summed E-state index contributed by atoms with van der Waals surface area (Å²) in [6, 6.07) is 2.02. The molecule has 2 aromatic heterocycles. The first-order chi connectivity index (χ1) is 11.9. The van der Waals surface area contributed by atoms with Gasteiger partial charge in [-0.2, -0.15) is 0 Å². The van der Waals surface area contributed by atoms with E-state index in [2.05, 4.69) is 27.1 Å². The molecule has 7 heteroatoms. The second-order valence-corrected chi connectivity index (χ2v) is 7.05. The Morgan fingerprint density at radius 3 is 2.60 bits per heavy atom. The van der Waals surface area contributed by atoms with Gasteiger partial charge in [0.25, 0.3) is 0 Å². The van der Waals surface area contributed by atoms with Crippen LogP contribution in [0.2, 0.25) is 0 Å². The minimum absolute atomic E-state index is 0.168. The molecular weight excluding hydrogens is 314 g/mol. The lowest BCUT2D eigenvalue weighted by Crippen LogP contribution is -2.40. The lowest BCUT2D eigenvalue weighted by molar-refractivity contribution is 0.137. The molecule has 1 aliphatic heterocycles. The van der Waals surface area contributed by atoms with Gasteiger partial charge < -0.3 is 10.2 Å². The first-order valence-electron chi connectivity index (χ1n) is 8.69. The van der Waals surface area contributed by atoms with E-state index < -0.39 is 0 Å². The van der Waals surface area contributed by atoms with Crippen LogP contribution in [0.4, 0.5) is 11.8 Å². The number of nitrogens with one attached hydrogen (secondary N) is 1. The lowest BCUT2D eigenvalue weighted by Gasteiger charge is -2.34. The summed E-state index contributed by atoms with van der Waals surface area (Å²) in [6.45, 7) is 6.11. The van der Waals surface area contributed by atoms with Crippen molar-refractivity contribution in [3.8, 4) is 0 Å². The Kier molecular flexibility index (Phi) is 4.85. The Labute approximate surface area is 149 Å². The van der Waals surface area contributed by atoms with Crippen LogP contribution in [0.1, 0.15) is 36.8 Å². The first-order valence-corrected chi connectivity index (χ1v) is 8.69. The second kappa shape index (κ2) is 6.92. The molecule has 0 bridgehead atoms. The van der Waals surface area contributed by atoms with E-state index in [0.29, 0.717) is 5.95 Å². The van der Waals surface area contributed by atoms with Gasteiger partial charge in [0.05, 0.1) is 5.54 Å². The third-order valence-electron chi connectivity index (χ3n) is 4.87. The molecule has 1 atom stereocenters. The van der Waals surface area contributed by atoms with Crippen LogP contribution in [-0.2, 0) is 12.1 Å². The zero-order chi connectivity index (χ0) is 18.0. The van der Waals surface area contributed by atoms with Crippen molar-refractivity contribution in [3.63, 3.8) is 0 Å². The molecule has 134 valence electrons. The number of anilines is 2. The van der Waals surface area contributed by atoms with Gasteiger partial charge in [0.15, 0.2) is 5.82 Å². The predicted octanol–water partition coefficient (Wildman–Crippen LogP) is 2.19. The summed E-state index contributed by atoms with van der Waals surface area (Å²) in [5, 5.41) is 2.95. The highest BCUT2D eigenvalue weighted by atomic mass is 15.3. The Hall–Kier alpha value is -2.28. The van der Waals surface area contributed by atoms with Crippen molar-refractivity contribution in [2.24, 2.45) is 0 Å². The molecule has 0 amide bonds. The van der Waals surface area contributed by atoms with Gasteiger partial charge in [-0.3, -0.25) is 4.90 Å². The number of hydrogen-bond donors (Lipinski definition) is 1. The Bertz CT molecular complexity index is 729. The summed E-state index contributed by atoms with van der Waals surface area (Å²) in [7, 11) is 5.85. The normalized spacial score (nSPS) is 20.7. The van der Waals surface area contributed by atoms with Crippen LogP contribution in [0.3, 0.4) is 0 Å². The molecule has 2 aromatic rings. The predicted molar refractivity (Wildman–Crippen MR) is 99.7 cm³/mol. The van der Waals surface area contributed by atoms with E-state index in [-0.39, 0.29) is 5.54 Å². The van der Waals surface area contributed by atoms with Crippen molar-refractivity contribution in [2.45, 2.75) is 38.8 Å². The maximum absolute atomic E-state index is 4.84. The molecule has 0 radical (unpaired) electrons. The Morgan fingerprint density at radius 1 is 1.24 bits per heavy atom. The summed E-state index contributed by atoms with van der Waals surface area (Å²) in [6.07, 6.45) is 5.97. The van der Waals surface area contributed by atoms with Gasteiger partial charge in [-0.25, -0.2) is 19.9 Å². The highest BCUT2D eigenvalue weighted by Crippen LogP contribution is 2.38. The number of aryl methyl sites for hydroxylation is 1. The maximum Gasteiger partial charge on any atom is 0.222 e. The molecule has 1 N–H and O–H groups in total. The van der Waals surface area contributed by atoms with Crippen molar-refractivity contribution in [3.05, 3.63) is 35.5 Å². The lowest BCUT2D eigenvalue weighted by atomic mass is 9.97. The number of aromatic nitrogens is 4. The van der Waals surface area contributed by atoms with Crippen LogP contribution in [0.25, 0.3) is 0 Å². The van der Waals surface area contributed by atoms with E-state index in [1.807, 2.05) is 51.4 Å². The fourth-order valence-electron chi connectivity index (χ4n) is 3.33. The summed E-state index contributed by atoms with van der Waals surface area (Å²) >= 11 is 0. The van der Waals surface area contributed by atoms with Gasteiger partial charge in [-0.1, -0.05) is 0 Å². The third kappa shape index (κ3) is 3.56. The van der Waals surface area contributed by atoms with Crippen molar-refractivity contribution >= 4 is 11.8 Å². The molecule has 0 saturated carbocycles. The average molecular weight is 341 g/mol. The van der Waals surface area contributed by atoms with Crippen molar-refractivity contribution in [2.75, 3.05) is 37.9 Å². The van der Waals surface area contributed by atoms with E-state index >= 15 is 0 Å². The van der Waals surface area contributed by atoms with Gasteiger partial charge in [0.1, 0.15) is 5.82 Å². The van der Waals surface area contributed by atoms with Crippen molar-refractivity contribution in [1.29, 1.82) is 0 Å². The molecule has 0 unspecified atom stereocenters. The molecular formula is C18H27N7. The van der Waals surface area contributed by atoms with E-state index in [4.69, 9.17) is 9.97 Å². The second-order valence-electron chi connectivity index (χ2n) is 7.05. The molecule has 1 aliphatic rings. The van der Waals surface area contributed by atoms with Crippen LogP contribution >= 0.6 is 0 Å². The zero-order valence-corrected chi connectivity index (χ0v) is 15.7. The molecule has 1 saturated heterocycles. The standard InChI is InChI=1S/C18H27N7/c1-13-9-15(24(4)5)23-16(22-13)18(2)7-6-8-25(18)12-14-10-20-17(19-3)21-11-14/h9-11H,6-8,12H2,1-5H3,(H,19,20,21)/t18-/m0/s1. The average Bonchev–Trinajstić information content (AvgIpc) is 2.97. The largest absolute Gasteiger partial charge is 0.363 e. The highest BCUT2D eigenvalue weighted by Gasteiger charge is 2.41. The van der Waals surface area contributed by atoms with Crippen LogP contribution < -0.4 is 10.2 Å². The van der Waals surface area contributed by atoms with Gasteiger partial charge in [-0.05, 0) is 33.2 Å². The van der Waals surface area contributed by atoms with E-state index in [1.165, 1.54) is 0 Å². The molecule has 3 rings (SSSR count). The zero-order valence-electron chi connectivity index (χ0n) is 15.7. The van der Waals surface area contributed by atoms with E-state index in [9.17, 15) is 0 Å². The van der Waals surface area contributed by atoms with E-state index in [1.54, 1.807) is 0 Å². The first kappa shape index (κ1) is 17.5. The fourth-order valence-corrected chi connectivity index (χ4v) is 3.33. The molecule has 0 spiro atoms. The molecule has 3 heterocycles. The van der Waals surface area contributed by atoms with Crippen LogP contribution in [0.15, 0.2) is 18.5 Å². The summed E-state index contributed by atoms with van der Waals surface area (Å²) in [5.74, 6) is 2.50. The Morgan fingerprint density at radius 2 is 1.96 bits per heavy atom. The topological polar surface area (TPSA) is 70.1 Å². The van der Waals surface area contributed by atoms with Crippen molar-refractivity contribution in [1.82, 2.24) is 24.8 Å². The number of rotatable bonds is 5.